The molecule has 0 fully saturated rings. The quantitative estimate of drug-likeness (QED) is 0.209. The molecule has 0 saturated heterocycles. The van der Waals surface area contributed by atoms with E-state index in [9.17, 15) is 19.7 Å². The molecule has 10 nitrogen and oxygen atoms in total. The molecule has 0 saturated carbocycles. The highest BCUT2D eigenvalue weighted by molar-refractivity contribution is 6.07. The summed E-state index contributed by atoms with van der Waals surface area (Å²) in [5.74, 6) is -3.06. The monoisotopic (exact) mass is 542 g/mol. The molecule has 3 atom stereocenters. The minimum atomic E-state index is -0.940. The second-order valence-corrected chi connectivity index (χ2v) is 9.53. The van der Waals surface area contributed by atoms with E-state index in [4.69, 9.17) is 9.47 Å². The smallest absolute Gasteiger partial charge is 0.337 e. The van der Waals surface area contributed by atoms with Crippen molar-refractivity contribution in [1.29, 1.82) is 0 Å². The van der Waals surface area contributed by atoms with E-state index >= 15 is 0 Å². The number of nitro groups is 1. The van der Waals surface area contributed by atoms with Crippen LogP contribution in [0.1, 0.15) is 43.4 Å². The van der Waals surface area contributed by atoms with Crippen LogP contribution in [0.15, 0.2) is 89.6 Å². The zero-order valence-corrected chi connectivity index (χ0v) is 22.7. The number of allylic oxidation sites excluding steroid dienone is 1. The molecule has 0 bridgehead atoms. The molecule has 1 aliphatic rings. The number of hydrogen-bond donors (Lipinski definition) is 0. The predicted molar refractivity (Wildman–Crippen MR) is 150 cm³/mol. The van der Waals surface area contributed by atoms with Gasteiger partial charge in [-0.2, -0.15) is 0 Å². The molecule has 10 heteroatoms. The van der Waals surface area contributed by atoms with E-state index in [0.717, 1.165) is 11.1 Å². The van der Waals surface area contributed by atoms with E-state index in [1.54, 1.807) is 45.4 Å². The summed E-state index contributed by atoms with van der Waals surface area (Å²) in [7, 11) is 1.25. The van der Waals surface area contributed by atoms with Gasteiger partial charge in [-0.25, -0.2) is 9.78 Å². The molecule has 0 amide bonds. The molecule has 2 aromatic carbocycles. The van der Waals surface area contributed by atoms with Crippen LogP contribution in [0.25, 0.3) is 6.08 Å². The first kappa shape index (κ1) is 28.2. The Hall–Kier alpha value is -4.86. The summed E-state index contributed by atoms with van der Waals surface area (Å²) in [4.78, 5) is 45.8. The molecule has 206 valence electrons. The van der Waals surface area contributed by atoms with Gasteiger partial charge in [0.25, 0.3) is 5.69 Å². The van der Waals surface area contributed by atoms with Gasteiger partial charge in [0, 0.05) is 48.4 Å². The Morgan fingerprint density at radius 3 is 2.58 bits per heavy atom. The van der Waals surface area contributed by atoms with Crippen molar-refractivity contribution in [2.24, 2.45) is 10.9 Å². The maximum atomic E-state index is 13.5. The van der Waals surface area contributed by atoms with E-state index in [2.05, 4.69) is 9.98 Å². The first-order valence-electron chi connectivity index (χ1n) is 12.7. The van der Waals surface area contributed by atoms with Crippen LogP contribution in [0, 0.1) is 16.0 Å². The number of hydrogen-bond acceptors (Lipinski definition) is 8. The fourth-order valence-corrected chi connectivity index (χ4v) is 4.77. The highest BCUT2D eigenvalue weighted by Crippen LogP contribution is 2.41. The van der Waals surface area contributed by atoms with Gasteiger partial charge < -0.3 is 14.0 Å². The lowest BCUT2D eigenvalue weighted by molar-refractivity contribution is -0.384. The third-order valence-corrected chi connectivity index (χ3v) is 6.70. The van der Waals surface area contributed by atoms with E-state index in [1.807, 2.05) is 41.1 Å². The van der Waals surface area contributed by atoms with Gasteiger partial charge in [-0.05, 0) is 43.5 Å². The Morgan fingerprint density at radius 1 is 1.18 bits per heavy atom. The number of aliphatic imine (C=N–C) groups is 1. The lowest BCUT2D eigenvalue weighted by atomic mass is 9.75. The van der Waals surface area contributed by atoms with Crippen molar-refractivity contribution < 1.29 is 24.0 Å². The standard InChI is InChI=1S/C30H30N4O6/c1-19(8-9-22-10-12-23(13-11-22)17-33-15-14-31-18-33)40-30(36)27-21(3)32-20(2)26(29(35)39-4)28(27)24-6-5-7-25(16-24)34(37)38/h5-16,18-19,26,28H,17H2,1-4H3. The third kappa shape index (κ3) is 6.40. The van der Waals surface area contributed by atoms with Gasteiger partial charge in [0.1, 0.15) is 12.0 Å². The number of ether oxygens (including phenoxy) is 2. The van der Waals surface area contributed by atoms with Gasteiger partial charge in [0.2, 0.25) is 0 Å². The molecule has 4 rings (SSSR count). The number of nitrogens with zero attached hydrogens (tertiary/aromatic N) is 4. The molecular formula is C30H30N4O6. The molecule has 0 spiro atoms. The molecule has 0 aliphatic carbocycles. The number of aromatic nitrogens is 2. The number of esters is 2. The van der Waals surface area contributed by atoms with E-state index < -0.39 is 34.8 Å². The lowest BCUT2D eigenvalue weighted by Crippen LogP contribution is -2.36. The van der Waals surface area contributed by atoms with Crippen molar-refractivity contribution in [2.45, 2.75) is 39.3 Å². The minimum Gasteiger partial charge on any atom is -0.468 e. The highest BCUT2D eigenvalue weighted by atomic mass is 16.6. The molecule has 2 heterocycles. The molecular weight excluding hydrogens is 512 g/mol. The van der Waals surface area contributed by atoms with Crippen LogP contribution < -0.4 is 0 Å². The first-order chi connectivity index (χ1) is 19.2. The lowest BCUT2D eigenvalue weighted by Gasteiger charge is -2.31. The number of non-ortho nitro benzene ring substituents is 1. The Bertz CT molecular complexity index is 1490. The largest absolute Gasteiger partial charge is 0.468 e. The molecule has 0 N–H and O–H groups in total. The normalized spacial score (nSPS) is 17.9. The number of imidazole rings is 1. The van der Waals surface area contributed by atoms with Crippen molar-refractivity contribution in [3.8, 4) is 0 Å². The van der Waals surface area contributed by atoms with Crippen LogP contribution in [0.3, 0.4) is 0 Å². The molecule has 1 aromatic heterocycles. The number of carbonyl (C=O) groups excluding carboxylic acids is 2. The Balaban J connectivity index is 1.55. The molecule has 40 heavy (non-hydrogen) atoms. The Morgan fingerprint density at radius 2 is 1.93 bits per heavy atom. The predicted octanol–water partition coefficient (Wildman–Crippen LogP) is 5.11. The number of rotatable bonds is 9. The number of methoxy groups -OCH3 is 1. The summed E-state index contributed by atoms with van der Waals surface area (Å²) >= 11 is 0. The van der Waals surface area contributed by atoms with Crippen LogP contribution in [-0.2, 0) is 25.6 Å². The summed E-state index contributed by atoms with van der Waals surface area (Å²) in [5, 5.41) is 11.5. The molecule has 1 aliphatic heterocycles. The summed E-state index contributed by atoms with van der Waals surface area (Å²) < 4.78 is 12.7. The fourth-order valence-electron chi connectivity index (χ4n) is 4.77. The van der Waals surface area contributed by atoms with Crippen LogP contribution in [0.5, 0.6) is 0 Å². The zero-order valence-electron chi connectivity index (χ0n) is 22.7. The fraction of sp³-hybridized carbons (Fsp3) is 0.267. The maximum absolute atomic E-state index is 13.5. The van der Waals surface area contributed by atoms with Gasteiger partial charge in [-0.15, -0.1) is 0 Å². The van der Waals surface area contributed by atoms with Crippen molar-refractivity contribution in [3.05, 3.63) is 111 Å². The Labute approximate surface area is 231 Å². The summed E-state index contributed by atoms with van der Waals surface area (Å²) in [6.07, 6.45) is 8.41. The molecule has 3 unspecified atom stereocenters. The number of benzene rings is 2. The van der Waals surface area contributed by atoms with E-state index in [-0.39, 0.29) is 11.3 Å². The van der Waals surface area contributed by atoms with Gasteiger partial charge in [0.15, 0.2) is 0 Å². The average molecular weight is 543 g/mol. The third-order valence-electron chi connectivity index (χ3n) is 6.70. The van der Waals surface area contributed by atoms with Crippen molar-refractivity contribution in [2.75, 3.05) is 7.11 Å². The van der Waals surface area contributed by atoms with Crippen LogP contribution in [0.2, 0.25) is 0 Å². The average Bonchev–Trinajstić information content (AvgIpc) is 3.45. The second-order valence-electron chi connectivity index (χ2n) is 9.53. The van der Waals surface area contributed by atoms with Gasteiger partial charge in [-0.1, -0.05) is 42.5 Å². The minimum absolute atomic E-state index is 0.154. The first-order valence-corrected chi connectivity index (χ1v) is 12.7. The van der Waals surface area contributed by atoms with Crippen molar-refractivity contribution >= 4 is 29.4 Å². The van der Waals surface area contributed by atoms with Crippen LogP contribution in [-0.4, -0.2) is 45.3 Å². The number of nitro benzene ring substituents is 1. The van der Waals surface area contributed by atoms with E-state index in [1.165, 1.54) is 25.3 Å². The van der Waals surface area contributed by atoms with Crippen molar-refractivity contribution in [1.82, 2.24) is 9.55 Å². The molecule has 3 aromatic rings. The van der Waals surface area contributed by atoms with Crippen LogP contribution in [0.4, 0.5) is 5.69 Å². The van der Waals surface area contributed by atoms with Crippen LogP contribution >= 0.6 is 0 Å². The SMILES string of the molecule is COC(=O)C1C(C)=NC(C)=C(C(=O)OC(C)C=Cc2ccc(Cn3ccnc3)cc2)C1c1cccc([N+](=O)[O-])c1. The summed E-state index contributed by atoms with van der Waals surface area (Å²) in [5.41, 5.74) is 3.31. The summed E-state index contributed by atoms with van der Waals surface area (Å²) in [6.45, 7) is 5.77. The number of carbonyl (C=O) groups is 2. The second kappa shape index (κ2) is 12.3. The summed E-state index contributed by atoms with van der Waals surface area (Å²) in [6, 6.07) is 13.9. The maximum Gasteiger partial charge on any atom is 0.337 e. The zero-order chi connectivity index (χ0) is 28.8. The van der Waals surface area contributed by atoms with Gasteiger partial charge in [-0.3, -0.25) is 19.9 Å². The van der Waals surface area contributed by atoms with Gasteiger partial charge in [0.05, 0.1) is 23.9 Å². The van der Waals surface area contributed by atoms with Crippen molar-refractivity contribution in [3.63, 3.8) is 0 Å². The Kier molecular flexibility index (Phi) is 8.68. The highest BCUT2D eigenvalue weighted by Gasteiger charge is 2.42. The van der Waals surface area contributed by atoms with Gasteiger partial charge >= 0.3 is 11.9 Å². The molecule has 0 radical (unpaired) electrons. The topological polar surface area (TPSA) is 126 Å². The van der Waals surface area contributed by atoms with E-state index in [0.29, 0.717) is 23.5 Å².